The van der Waals surface area contributed by atoms with Gasteiger partial charge in [0.15, 0.2) is 0 Å². The van der Waals surface area contributed by atoms with Crippen LogP contribution in [-0.2, 0) is 0 Å². The van der Waals surface area contributed by atoms with Gasteiger partial charge in [0, 0.05) is 12.6 Å². The first kappa shape index (κ1) is 12.7. The second-order valence-electron chi connectivity index (χ2n) is 4.90. The van der Waals surface area contributed by atoms with Gasteiger partial charge < -0.3 is 10.6 Å². The summed E-state index contributed by atoms with van der Waals surface area (Å²) in [4.78, 5) is 2.43. The highest BCUT2D eigenvalue weighted by Gasteiger charge is 2.22. The second-order valence-corrected chi connectivity index (χ2v) is 4.90. The van der Waals surface area contributed by atoms with Crippen molar-refractivity contribution in [3.63, 3.8) is 0 Å². The molecule has 1 aliphatic carbocycles. The molecule has 0 aromatic carbocycles. The van der Waals surface area contributed by atoms with E-state index in [0.717, 1.165) is 12.3 Å². The van der Waals surface area contributed by atoms with E-state index in [4.69, 9.17) is 5.73 Å². The monoisotopic (exact) mass is 210 g/mol. The minimum atomic E-state index is 0.445. The molecule has 0 amide bonds. The summed E-state index contributed by atoms with van der Waals surface area (Å²) in [6.45, 7) is 6.10. The van der Waals surface area contributed by atoms with Crippen molar-refractivity contribution in [2.75, 3.05) is 20.1 Å². The molecule has 88 valence electrons. The maximum atomic E-state index is 6.14. The molecule has 1 aliphatic rings. The summed E-state index contributed by atoms with van der Waals surface area (Å²) < 4.78 is 0. The van der Waals surface area contributed by atoms with Gasteiger partial charge in [-0.25, -0.2) is 0 Å². The zero-order valence-corrected chi connectivity index (χ0v) is 10.1. The normalized spacial score (nSPS) is 26.9. The van der Waals surface area contributed by atoms with E-state index in [2.05, 4.69) is 18.5 Å². The van der Waals surface area contributed by atoms with E-state index in [9.17, 15) is 0 Å². The number of nitrogens with two attached hydrogens (primary N) is 1. The molecule has 0 aromatic heterocycles. The molecule has 0 bridgehead atoms. The van der Waals surface area contributed by atoms with E-state index in [1.165, 1.54) is 45.2 Å². The maximum Gasteiger partial charge on any atom is 0.00793 e. The summed E-state index contributed by atoms with van der Waals surface area (Å²) >= 11 is 0. The predicted molar refractivity (Wildman–Crippen MR) is 66.9 cm³/mol. The van der Waals surface area contributed by atoms with Gasteiger partial charge >= 0.3 is 0 Å². The molecule has 0 saturated heterocycles. The van der Waals surface area contributed by atoms with Crippen molar-refractivity contribution in [1.29, 1.82) is 0 Å². The third kappa shape index (κ3) is 4.80. The molecule has 0 heterocycles. The smallest absolute Gasteiger partial charge is 0.00793 e. The Morgan fingerprint density at radius 3 is 2.80 bits per heavy atom. The lowest BCUT2D eigenvalue weighted by molar-refractivity contribution is 0.210. The van der Waals surface area contributed by atoms with E-state index in [-0.39, 0.29) is 0 Å². The van der Waals surface area contributed by atoms with Crippen LogP contribution in [0.4, 0.5) is 0 Å². The Kier molecular flexibility index (Phi) is 5.96. The number of unbranched alkanes of at least 4 members (excludes halogenated alkanes) is 1. The van der Waals surface area contributed by atoms with Crippen LogP contribution in [0.5, 0.6) is 0 Å². The standard InChI is InChI=1S/C13H26N2/c1-3-4-7-10-15(2)11-12-8-5-6-9-13(12)14/h3,12-13H,1,4-11,14H2,2H3. The average Bonchev–Trinajstić information content (AvgIpc) is 2.22. The van der Waals surface area contributed by atoms with E-state index < -0.39 is 0 Å². The van der Waals surface area contributed by atoms with Crippen molar-refractivity contribution in [2.24, 2.45) is 11.7 Å². The molecule has 0 aliphatic heterocycles. The highest BCUT2D eigenvalue weighted by atomic mass is 15.1. The Balaban J connectivity index is 2.17. The van der Waals surface area contributed by atoms with Crippen LogP contribution in [0, 0.1) is 5.92 Å². The Hall–Kier alpha value is -0.340. The van der Waals surface area contributed by atoms with E-state index in [1.807, 2.05) is 6.08 Å². The first-order chi connectivity index (χ1) is 7.24. The molecule has 2 N–H and O–H groups in total. The molecule has 1 rings (SSSR count). The highest BCUT2D eigenvalue weighted by Crippen LogP contribution is 2.23. The van der Waals surface area contributed by atoms with Crippen LogP contribution in [0.2, 0.25) is 0 Å². The van der Waals surface area contributed by atoms with Crippen molar-refractivity contribution < 1.29 is 0 Å². The second kappa shape index (κ2) is 7.02. The molecule has 2 nitrogen and oxygen atoms in total. The molecule has 1 fully saturated rings. The predicted octanol–water partition coefficient (Wildman–Crippen LogP) is 2.40. The fourth-order valence-electron chi connectivity index (χ4n) is 2.46. The number of rotatable bonds is 6. The van der Waals surface area contributed by atoms with E-state index >= 15 is 0 Å². The molecule has 2 unspecified atom stereocenters. The topological polar surface area (TPSA) is 29.3 Å². The molecule has 2 heteroatoms. The summed E-state index contributed by atoms with van der Waals surface area (Å²) in [5.41, 5.74) is 6.14. The lowest BCUT2D eigenvalue weighted by Crippen LogP contribution is -2.40. The Labute approximate surface area is 94.5 Å². The molecular formula is C13H26N2. The lowest BCUT2D eigenvalue weighted by Gasteiger charge is -2.32. The molecular weight excluding hydrogens is 184 g/mol. The Morgan fingerprint density at radius 1 is 1.40 bits per heavy atom. The van der Waals surface area contributed by atoms with Crippen LogP contribution in [0.1, 0.15) is 38.5 Å². The number of nitrogens with zero attached hydrogens (tertiary/aromatic N) is 1. The van der Waals surface area contributed by atoms with Gasteiger partial charge in [0.25, 0.3) is 0 Å². The van der Waals surface area contributed by atoms with Crippen LogP contribution >= 0.6 is 0 Å². The van der Waals surface area contributed by atoms with Gasteiger partial charge in [-0.1, -0.05) is 18.9 Å². The number of allylic oxidation sites excluding steroid dienone is 1. The fraction of sp³-hybridized carbons (Fsp3) is 0.846. The zero-order chi connectivity index (χ0) is 11.1. The molecule has 0 radical (unpaired) electrons. The third-order valence-electron chi connectivity index (χ3n) is 3.46. The minimum Gasteiger partial charge on any atom is -0.327 e. The van der Waals surface area contributed by atoms with Gasteiger partial charge in [-0.3, -0.25) is 0 Å². The summed E-state index contributed by atoms with van der Waals surface area (Å²) in [5.74, 6) is 0.729. The van der Waals surface area contributed by atoms with Gasteiger partial charge in [-0.2, -0.15) is 0 Å². The molecule has 0 aromatic rings. The quantitative estimate of drug-likeness (QED) is 0.539. The number of hydrogen-bond donors (Lipinski definition) is 1. The largest absolute Gasteiger partial charge is 0.327 e. The summed E-state index contributed by atoms with van der Waals surface area (Å²) in [7, 11) is 2.21. The van der Waals surface area contributed by atoms with Gasteiger partial charge in [0.1, 0.15) is 0 Å². The molecule has 2 atom stereocenters. The van der Waals surface area contributed by atoms with Crippen LogP contribution < -0.4 is 5.73 Å². The lowest BCUT2D eigenvalue weighted by atomic mass is 9.85. The van der Waals surface area contributed by atoms with Crippen LogP contribution in [0.15, 0.2) is 12.7 Å². The van der Waals surface area contributed by atoms with Gasteiger partial charge in [-0.05, 0) is 45.2 Å². The zero-order valence-electron chi connectivity index (χ0n) is 10.1. The highest BCUT2D eigenvalue weighted by molar-refractivity contribution is 4.80. The summed E-state index contributed by atoms with van der Waals surface area (Å²) in [6.07, 6.45) is 9.61. The van der Waals surface area contributed by atoms with Gasteiger partial charge in [-0.15, -0.1) is 6.58 Å². The Morgan fingerprint density at radius 2 is 2.13 bits per heavy atom. The first-order valence-electron chi connectivity index (χ1n) is 6.29. The van der Waals surface area contributed by atoms with Gasteiger partial charge in [0.05, 0.1) is 0 Å². The maximum absolute atomic E-state index is 6.14. The van der Waals surface area contributed by atoms with Crippen LogP contribution in [0.3, 0.4) is 0 Å². The molecule has 15 heavy (non-hydrogen) atoms. The van der Waals surface area contributed by atoms with Crippen molar-refractivity contribution in [2.45, 2.75) is 44.6 Å². The van der Waals surface area contributed by atoms with Gasteiger partial charge in [0.2, 0.25) is 0 Å². The van der Waals surface area contributed by atoms with Crippen LogP contribution in [-0.4, -0.2) is 31.1 Å². The van der Waals surface area contributed by atoms with E-state index in [0.29, 0.717) is 6.04 Å². The average molecular weight is 210 g/mol. The van der Waals surface area contributed by atoms with Crippen molar-refractivity contribution in [3.05, 3.63) is 12.7 Å². The first-order valence-corrected chi connectivity index (χ1v) is 6.29. The van der Waals surface area contributed by atoms with Crippen molar-refractivity contribution in [1.82, 2.24) is 4.90 Å². The molecule has 1 saturated carbocycles. The van der Waals surface area contributed by atoms with Crippen molar-refractivity contribution >= 4 is 0 Å². The fourth-order valence-corrected chi connectivity index (χ4v) is 2.46. The van der Waals surface area contributed by atoms with Crippen molar-refractivity contribution in [3.8, 4) is 0 Å². The molecule has 0 spiro atoms. The van der Waals surface area contributed by atoms with E-state index in [1.54, 1.807) is 0 Å². The summed E-state index contributed by atoms with van der Waals surface area (Å²) in [6, 6.07) is 0.445. The van der Waals surface area contributed by atoms with Crippen LogP contribution in [0.25, 0.3) is 0 Å². The summed E-state index contributed by atoms with van der Waals surface area (Å²) in [5, 5.41) is 0. The third-order valence-corrected chi connectivity index (χ3v) is 3.46. The number of hydrogen-bond acceptors (Lipinski definition) is 2. The Bertz CT molecular complexity index is 179. The SMILES string of the molecule is C=CCCCN(C)CC1CCCCC1N. The minimum absolute atomic E-state index is 0.445.